The van der Waals surface area contributed by atoms with E-state index in [1.54, 1.807) is 0 Å². The van der Waals surface area contributed by atoms with Gasteiger partial charge in [0, 0.05) is 0 Å². The van der Waals surface area contributed by atoms with Crippen LogP contribution in [0.3, 0.4) is 0 Å². The van der Waals surface area contributed by atoms with Gasteiger partial charge < -0.3 is 10.1 Å². The average Bonchev–Trinajstić information content (AvgIpc) is 2.27. The van der Waals surface area contributed by atoms with Crippen LogP contribution in [0.2, 0.25) is 0 Å². The van der Waals surface area contributed by atoms with Crippen LogP contribution in [0.15, 0.2) is 24.3 Å². The third-order valence-corrected chi connectivity index (χ3v) is 2.92. The van der Waals surface area contributed by atoms with Crippen molar-refractivity contribution in [1.29, 1.82) is 0 Å². The number of rotatable bonds is 6. The van der Waals surface area contributed by atoms with Crippen molar-refractivity contribution in [3.8, 4) is 5.75 Å². The number of hydrogen-bond acceptors (Lipinski definition) is 2. The summed E-state index contributed by atoms with van der Waals surface area (Å²) in [6.45, 7) is 8.30. The number of hydrogen-bond donors (Lipinski definition) is 1. The molecule has 0 fully saturated rings. The van der Waals surface area contributed by atoms with E-state index < -0.39 is 0 Å². The predicted octanol–water partition coefficient (Wildman–Crippen LogP) is 2.97. The second-order valence-electron chi connectivity index (χ2n) is 4.67. The summed E-state index contributed by atoms with van der Waals surface area (Å²) in [6, 6.07) is 8.34. The van der Waals surface area contributed by atoms with Crippen molar-refractivity contribution in [2.24, 2.45) is 0 Å². The molecule has 90 valence electrons. The van der Waals surface area contributed by atoms with E-state index in [4.69, 9.17) is 4.74 Å². The van der Waals surface area contributed by atoms with E-state index in [0.29, 0.717) is 0 Å². The molecule has 1 rings (SSSR count). The topological polar surface area (TPSA) is 21.3 Å². The fourth-order valence-electron chi connectivity index (χ4n) is 1.88. The van der Waals surface area contributed by atoms with E-state index in [-0.39, 0.29) is 5.41 Å². The monoisotopic (exact) mass is 221 g/mol. The van der Waals surface area contributed by atoms with Gasteiger partial charge in [-0.2, -0.15) is 0 Å². The largest absolute Gasteiger partial charge is 0.494 e. The van der Waals surface area contributed by atoms with E-state index >= 15 is 0 Å². The molecule has 0 atom stereocenters. The Kier molecular flexibility index (Phi) is 4.81. The molecule has 16 heavy (non-hydrogen) atoms. The predicted molar refractivity (Wildman–Crippen MR) is 69.2 cm³/mol. The minimum Gasteiger partial charge on any atom is -0.494 e. The zero-order chi connectivity index (χ0) is 12.0. The number of ether oxygens (including phenoxy) is 1. The fourth-order valence-corrected chi connectivity index (χ4v) is 1.88. The highest BCUT2D eigenvalue weighted by Gasteiger charge is 2.23. The molecular formula is C14H23NO. The van der Waals surface area contributed by atoms with E-state index in [1.807, 2.05) is 20.0 Å². The Balaban J connectivity index is 2.91. The average molecular weight is 221 g/mol. The molecule has 0 radical (unpaired) electrons. The number of nitrogens with one attached hydrogen (secondary N) is 1. The van der Waals surface area contributed by atoms with Crippen molar-refractivity contribution < 1.29 is 4.74 Å². The lowest BCUT2D eigenvalue weighted by Gasteiger charge is -2.27. The summed E-state index contributed by atoms with van der Waals surface area (Å²) in [4.78, 5) is 0. The highest BCUT2D eigenvalue weighted by molar-refractivity contribution is 5.38. The van der Waals surface area contributed by atoms with Gasteiger partial charge in [0.15, 0.2) is 0 Å². The van der Waals surface area contributed by atoms with Crippen LogP contribution in [0.4, 0.5) is 0 Å². The summed E-state index contributed by atoms with van der Waals surface area (Å²) in [5, 5.41) is 3.20. The Morgan fingerprint density at radius 2 is 1.94 bits per heavy atom. The lowest BCUT2D eigenvalue weighted by Crippen LogP contribution is -2.24. The highest BCUT2D eigenvalue weighted by Crippen LogP contribution is 2.33. The Hall–Kier alpha value is -1.02. The summed E-state index contributed by atoms with van der Waals surface area (Å²) >= 11 is 0. The molecule has 0 unspecified atom stereocenters. The molecule has 0 aromatic heterocycles. The van der Waals surface area contributed by atoms with Gasteiger partial charge in [0.1, 0.15) is 5.75 Å². The SMILES string of the molecule is CCOc1ccccc1C(C)(C)CCNC. The van der Waals surface area contributed by atoms with Gasteiger partial charge in [0.25, 0.3) is 0 Å². The van der Waals surface area contributed by atoms with Crippen molar-refractivity contribution in [2.45, 2.75) is 32.6 Å². The smallest absolute Gasteiger partial charge is 0.123 e. The molecule has 2 nitrogen and oxygen atoms in total. The molecule has 1 aromatic carbocycles. The van der Waals surface area contributed by atoms with Crippen LogP contribution in [0.25, 0.3) is 0 Å². The molecule has 0 saturated carbocycles. The lowest BCUT2D eigenvalue weighted by atomic mass is 9.81. The molecule has 0 bridgehead atoms. The second-order valence-corrected chi connectivity index (χ2v) is 4.67. The minimum atomic E-state index is 0.148. The Bertz CT molecular complexity index is 320. The minimum absolute atomic E-state index is 0.148. The van der Waals surface area contributed by atoms with E-state index in [1.165, 1.54) is 5.56 Å². The van der Waals surface area contributed by atoms with Crippen molar-refractivity contribution in [3.05, 3.63) is 29.8 Å². The lowest BCUT2D eigenvalue weighted by molar-refractivity contribution is 0.325. The summed E-state index contributed by atoms with van der Waals surface area (Å²) < 4.78 is 5.68. The van der Waals surface area contributed by atoms with Gasteiger partial charge in [-0.3, -0.25) is 0 Å². The first kappa shape index (κ1) is 13.0. The molecule has 0 aliphatic rings. The van der Waals surface area contributed by atoms with Gasteiger partial charge in [0.2, 0.25) is 0 Å². The van der Waals surface area contributed by atoms with E-state index in [0.717, 1.165) is 25.3 Å². The standard InChI is InChI=1S/C14H23NO/c1-5-16-13-9-7-6-8-12(13)14(2,3)10-11-15-4/h6-9,15H,5,10-11H2,1-4H3. The second kappa shape index (κ2) is 5.90. The third-order valence-electron chi connectivity index (χ3n) is 2.92. The van der Waals surface area contributed by atoms with Gasteiger partial charge in [-0.05, 0) is 44.0 Å². The molecule has 1 aromatic rings. The van der Waals surface area contributed by atoms with Gasteiger partial charge >= 0.3 is 0 Å². The maximum absolute atomic E-state index is 5.68. The van der Waals surface area contributed by atoms with Gasteiger partial charge in [-0.1, -0.05) is 32.0 Å². The van der Waals surface area contributed by atoms with Crippen molar-refractivity contribution in [3.63, 3.8) is 0 Å². The van der Waals surface area contributed by atoms with Crippen LogP contribution < -0.4 is 10.1 Å². The Morgan fingerprint density at radius 3 is 2.56 bits per heavy atom. The Morgan fingerprint density at radius 1 is 1.25 bits per heavy atom. The normalized spacial score (nSPS) is 11.5. The van der Waals surface area contributed by atoms with E-state index in [2.05, 4.69) is 37.4 Å². The summed E-state index contributed by atoms with van der Waals surface area (Å²) in [5.74, 6) is 1.02. The number of para-hydroxylation sites is 1. The summed E-state index contributed by atoms with van der Waals surface area (Å²) in [5.41, 5.74) is 1.45. The molecule has 1 N–H and O–H groups in total. The fraction of sp³-hybridized carbons (Fsp3) is 0.571. The van der Waals surface area contributed by atoms with Crippen molar-refractivity contribution in [1.82, 2.24) is 5.32 Å². The molecule has 0 spiro atoms. The highest BCUT2D eigenvalue weighted by atomic mass is 16.5. The van der Waals surface area contributed by atoms with Crippen LogP contribution >= 0.6 is 0 Å². The first-order valence-corrected chi connectivity index (χ1v) is 5.98. The third kappa shape index (κ3) is 3.24. The molecule has 0 amide bonds. The van der Waals surface area contributed by atoms with Crippen molar-refractivity contribution >= 4 is 0 Å². The molecule has 0 aliphatic carbocycles. The van der Waals surface area contributed by atoms with Gasteiger partial charge in [-0.15, -0.1) is 0 Å². The Labute approximate surface area is 99.0 Å². The molecule has 2 heteroatoms. The first-order valence-electron chi connectivity index (χ1n) is 5.98. The summed E-state index contributed by atoms with van der Waals surface area (Å²) in [7, 11) is 1.99. The molecular weight excluding hydrogens is 198 g/mol. The maximum Gasteiger partial charge on any atom is 0.123 e. The zero-order valence-electron chi connectivity index (χ0n) is 10.8. The summed E-state index contributed by atoms with van der Waals surface area (Å²) in [6.07, 6.45) is 1.10. The maximum atomic E-state index is 5.68. The van der Waals surface area contributed by atoms with Crippen LogP contribution in [0.1, 0.15) is 32.8 Å². The quantitative estimate of drug-likeness (QED) is 0.797. The van der Waals surface area contributed by atoms with Crippen LogP contribution in [0, 0.1) is 0 Å². The number of benzene rings is 1. The van der Waals surface area contributed by atoms with Crippen LogP contribution in [-0.2, 0) is 5.41 Å². The van der Waals surface area contributed by atoms with Crippen LogP contribution in [-0.4, -0.2) is 20.2 Å². The zero-order valence-corrected chi connectivity index (χ0v) is 10.8. The molecule has 0 heterocycles. The van der Waals surface area contributed by atoms with Crippen molar-refractivity contribution in [2.75, 3.05) is 20.2 Å². The van der Waals surface area contributed by atoms with Crippen LogP contribution in [0.5, 0.6) is 5.75 Å². The van der Waals surface area contributed by atoms with Gasteiger partial charge in [-0.25, -0.2) is 0 Å². The van der Waals surface area contributed by atoms with E-state index in [9.17, 15) is 0 Å². The molecule has 0 aliphatic heterocycles. The first-order chi connectivity index (χ1) is 7.61. The molecule has 0 saturated heterocycles. The van der Waals surface area contributed by atoms with Gasteiger partial charge in [0.05, 0.1) is 6.61 Å².